The fraction of sp³-hybridized carbons (Fsp3) is 0.625. The standard InChI is InChI=1S/C16H24BrClN2O/c1-11(12-3-4-12)20(7-8-21-2)16(10-19)14-6-5-13(17)9-15(14)18/h5-6,9,11-12,16H,3-4,7-8,10,19H2,1-2H3. The van der Waals surface area contributed by atoms with Gasteiger partial charge in [0.05, 0.1) is 6.61 Å². The van der Waals surface area contributed by atoms with E-state index in [4.69, 9.17) is 22.1 Å². The molecule has 0 radical (unpaired) electrons. The smallest absolute Gasteiger partial charge is 0.0590 e. The molecule has 2 atom stereocenters. The van der Waals surface area contributed by atoms with Gasteiger partial charge in [0.15, 0.2) is 0 Å². The van der Waals surface area contributed by atoms with Crippen LogP contribution in [-0.4, -0.2) is 37.7 Å². The number of hydrogen-bond donors (Lipinski definition) is 1. The minimum atomic E-state index is 0.136. The summed E-state index contributed by atoms with van der Waals surface area (Å²) in [5.74, 6) is 0.783. The molecule has 2 unspecified atom stereocenters. The van der Waals surface area contributed by atoms with Gasteiger partial charge in [0.2, 0.25) is 0 Å². The lowest BCUT2D eigenvalue weighted by Gasteiger charge is -2.36. The first kappa shape index (κ1) is 17.2. The van der Waals surface area contributed by atoms with Crippen molar-refractivity contribution in [1.82, 2.24) is 4.90 Å². The molecule has 1 aliphatic rings. The van der Waals surface area contributed by atoms with Gasteiger partial charge in [-0.05, 0) is 43.4 Å². The fourth-order valence-electron chi connectivity index (χ4n) is 2.90. The van der Waals surface area contributed by atoms with Crippen LogP contribution < -0.4 is 5.73 Å². The first-order valence-electron chi connectivity index (χ1n) is 7.48. The number of benzene rings is 1. The molecule has 0 aliphatic heterocycles. The lowest BCUT2D eigenvalue weighted by Crippen LogP contribution is -2.43. The molecule has 21 heavy (non-hydrogen) atoms. The Bertz CT molecular complexity index is 468. The normalized spacial score (nSPS) is 18.0. The zero-order valence-electron chi connectivity index (χ0n) is 12.7. The molecule has 5 heteroatoms. The van der Waals surface area contributed by atoms with Gasteiger partial charge in [0.1, 0.15) is 0 Å². The largest absolute Gasteiger partial charge is 0.383 e. The van der Waals surface area contributed by atoms with Crippen LogP contribution in [0, 0.1) is 5.92 Å². The molecule has 1 aliphatic carbocycles. The monoisotopic (exact) mass is 374 g/mol. The molecular formula is C16H24BrClN2O. The maximum absolute atomic E-state index is 6.44. The van der Waals surface area contributed by atoms with Crippen LogP contribution in [0.4, 0.5) is 0 Å². The van der Waals surface area contributed by atoms with Gasteiger partial charge in [-0.25, -0.2) is 0 Å². The highest BCUT2D eigenvalue weighted by atomic mass is 79.9. The van der Waals surface area contributed by atoms with Gasteiger partial charge in [-0.1, -0.05) is 33.6 Å². The molecule has 0 saturated heterocycles. The molecule has 1 aromatic carbocycles. The van der Waals surface area contributed by atoms with E-state index in [0.29, 0.717) is 19.2 Å². The highest BCUT2D eigenvalue weighted by molar-refractivity contribution is 9.10. The third-order valence-electron chi connectivity index (χ3n) is 4.33. The van der Waals surface area contributed by atoms with E-state index in [2.05, 4.69) is 33.8 Å². The number of halogens is 2. The lowest BCUT2D eigenvalue weighted by atomic mass is 10.0. The Balaban J connectivity index is 2.24. The van der Waals surface area contributed by atoms with Gasteiger partial charge < -0.3 is 10.5 Å². The molecule has 118 valence electrons. The van der Waals surface area contributed by atoms with Crippen LogP contribution in [-0.2, 0) is 4.74 Å². The van der Waals surface area contributed by atoms with Crippen molar-refractivity contribution in [2.45, 2.75) is 31.8 Å². The van der Waals surface area contributed by atoms with Gasteiger partial charge in [0, 0.05) is 41.8 Å². The molecule has 2 N–H and O–H groups in total. The van der Waals surface area contributed by atoms with Gasteiger partial charge in [0.25, 0.3) is 0 Å². The van der Waals surface area contributed by atoms with Crippen molar-refractivity contribution in [3.8, 4) is 0 Å². The highest BCUT2D eigenvalue weighted by Gasteiger charge is 2.35. The van der Waals surface area contributed by atoms with Crippen molar-refractivity contribution < 1.29 is 4.74 Å². The van der Waals surface area contributed by atoms with Crippen molar-refractivity contribution >= 4 is 27.5 Å². The second kappa shape index (κ2) is 7.93. The van der Waals surface area contributed by atoms with Crippen molar-refractivity contribution in [2.24, 2.45) is 11.7 Å². The van der Waals surface area contributed by atoms with Crippen molar-refractivity contribution in [3.05, 3.63) is 33.3 Å². The predicted molar refractivity (Wildman–Crippen MR) is 91.7 cm³/mol. The van der Waals surface area contributed by atoms with Crippen LogP contribution in [0.5, 0.6) is 0 Å². The van der Waals surface area contributed by atoms with Crippen LogP contribution in [0.15, 0.2) is 22.7 Å². The quantitative estimate of drug-likeness (QED) is 0.750. The molecule has 1 aromatic rings. The number of rotatable bonds is 8. The molecule has 1 fully saturated rings. The minimum absolute atomic E-state index is 0.136. The molecule has 0 spiro atoms. The van der Waals surface area contributed by atoms with E-state index in [1.807, 2.05) is 12.1 Å². The van der Waals surface area contributed by atoms with Crippen LogP contribution in [0.2, 0.25) is 5.02 Å². The van der Waals surface area contributed by atoms with Gasteiger partial charge in [-0.2, -0.15) is 0 Å². The van der Waals surface area contributed by atoms with Crippen LogP contribution in [0.3, 0.4) is 0 Å². The molecule has 3 nitrogen and oxygen atoms in total. The van der Waals surface area contributed by atoms with Crippen LogP contribution in [0.25, 0.3) is 0 Å². The SMILES string of the molecule is COCCN(C(CN)c1ccc(Br)cc1Cl)C(C)C1CC1. The maximum Gasteiger partial charge on any atom is 0.0590 e. The third kappa shape index (κ3) is 4.42. The van der Waals surface area contributed by atoms with E-state index in [0.717, 1.165) is 27.5 Å². The molecule has 1 saturated carbocycles. The summed E-state index contributed by atoms with van der Waals surface area (Å²) in [4.78, 5) is 2.45. The Hall–Kier alpha value is -0.130. The Morgan fingerprint density at radius 3 is 2.71 bits per heavy atom. The number of hydrogen-bond acceptors (Lipinski definition) is 3. The summed E-state index contributed by atoms with van der Waals surface area (Å²) < 4.78 is 6.27. The zero-order chi connectivity index (χ0) is 15.4. The Morgan fingerprint density at radius 2 is 2.19 bits per heavy atom. The minimum Gasteiger partial charge on any atom is -0.383 e. The number of methoxy groups -OCH3 is 1. The molecule has 0 aromatic heterocycles. The van der Waals surface area contributed by atoms with E-state index in [1.165, 1.54) is 12.8 Å². The van der Waals surface area contributed by atoms with Gasteiger partial charge >= 0.3 is 0 Å². The van der Waals surface area contributed by atoms with Crippen molar-refractivity contribution in [2.75, 3.05) is 26.8 Å². The molecular weight excluding hydrogens is 352 g/mol. The second-order valence-corrected chi connectivity index (χ2v) is 7.05. The van der Waals surface area contributed by atoms with Gasteiger partial charge in [-0.3, -0.25) is 4.90 Å². The summed E-state index contributed by atoms with van der Waals surface area (Å²) in [6.45, 7) is 4.44. The second-order valence-electron chi connectivity index (χ2n) is 5.73. The van der Waals surface area contributed by atoms with E-state index >= 15 is 0 Å². The maximum atomic E-state index is 6.44. The van der Waals surface area contributed by atoms with E-state index in [1.54, 1.807) is 7.11 Å². The summed E-state index contributed by atoms with van der Waals surface area (Å²) in [7, 11) is 1.74. The third-order valence-corrected chi connectivity index (χ3v) is 5.15. The summed E-state index contributed by atoms with van der Waals surface area (Å²) >= 11 is 9.90. The Kier molecular flexibility index (Phi) is 6.51. The molecule has 2 rings (SSSR count). The average molecular weight is 376 g/mol. The summed E-state index contributed by atoms with van der Waals surface area (Å²) in [6.07, 6.45) is 2.63. The first-order chi connectivity index (χ1) is 10.1. The van der Waals surface area contributed by atoms with Crippen LogP contribution >= 0.6 is 27.5 Å². The van der Waals surface area contributed by atoms with Crippen LogP contribution in [0.1, 0.15) is 31.4 Å². The fourth-order valence-corrected chi connectivity index (χ4v) is 3.70. The topological polar surface area (TPSA) is 38.5 Å². The summed E-state index contributed by atoms with van der Waals surface area (Å²) in [5, 5.41) is 0.769. The average Bonchev–Trinajstić information content (AvgIpc) is 3.28. The van der Waals surface area contributed by atoms with Crippen molar-refractivity contribution in [3.63, 3.8) is 0 Å². The number of nitrogens with zero attached hydrogens (tertiary/aromatic N) is 1. The lowest BCUT2D eigenvalue weighted by molar-refractivity contribution is 0.0835. The Labute approximate surface area is 140 Å². The van der Waals surface area contributed by atoms with E-state index in [9.17, 15) is 0 Å². The number of nitrogens with two attached hydrogens (primary N) is 1. The zero-order valence-corrected chi connectivity index (χ0v) is 15.0. The predicted octanol–water partition coefficient (Wildman–Crippen LogP) is 3.85. The van der Waals surface area contributed by atoms with Gasteiger partial charge in [-0.15, -0.1) is 0 Å². The molecule has 0 bridgehead atoms. The Morgan fingerprint density at radius 1 is 1.48 bits per heavy atom. The highest BCUT2D eigenvalue weighted by Crippen LogP contribution is 2.39. The summed E-state index contributed by atoms with van der Waals surface area (Å²) in [6, 6.07) is 6.68. The molecule has 0 amide bonds. The molecule has 0 heterocycles. The first-order valence-corrected chi connectivity index (χ1v) is 8.65. The van der Waals surface area contributed by atoms with E-state index in [-0.39, 0.29) is 6.04 Å². The number of ether oxygens (including phenoxy) is 1. The van der Waals surface area contributed by atoms with Crippen molar-refractivity contribution in [1.29, 1.82) is 0 Å². The summed E-state index contributed by atoms with van der Waals surface area (Å²) in [5.41, 5.74) is 7.19. The van der Waals surface area contributed by atoms with E-state index < -0.39 is 0 Å².